The summed E-state index contributed by atoms with van der Waals surface area (Å²) in [5.41, 5.74) is 0.625. The first-order chi connectivity index (χ1) is 12.8. The van der Waals surface area contributed by atoms with Crippen molar-refractivity contribution in [3.05, 3.63) is 22.7 Å². The number of amides is 2. The Morgan fingerprint density at radius 2 is 2.26 bits per heavy atom. The summed E-state index contributed by atoms with van der Waals surface area (Å²) in [6.07, 6.45) is 1.80. The van der Waals surface area contributed by atoms with Crippen LogP contribution in [0.1, 0.15) is 33.1 Å². The van der Waals surface area contributed by atoms with E-state index in [2.05, 4.69) is 31.4 Å². The SMILES string of the molecule is CC1(C)C[C@H](NC(=O)[C@@H]2CC(=O)N(c3n[nH]c4cc(Br)ccc34)C2)CCO1. The Morgan fingerprint density at radius 1 is 1.44 bits per heavy atom. The lowest BCUT2D eigenvalue weighted by atomic mass is 9.93. The number of benzene rings is 1. The van der Waals surface area contributed by atoms with Gasteiger partial charge < -0.3 is 10.1 Å². The highest BCUT2D eigenvalue weighted by Crippen LogP contribution is 2.31. The molecule has 1 aromatic carbocycles. The van der Waals surface area contributed by atoms with Gasteiger partial charge in [-0.3, -0.25) is 19.6 Å². The van der Waals surface area contributed by atoms with Crippen LogP contribution in [-0.2, 0) is 14.3 Å². The number of ether oxygens (including phenoxy) is 1. The highest BCUT2D eigenvalue weighted by Gasteiger charge is 2.38. The normalized spacial score (nSPS) is 25.1. The fourth-order valence-corrected chi connectivity index (χ4v) is 4.31. The van der Waals surface area contributed by atoms with Gasteiger partial charge in [0.1, 0.15) is 0 Å². The van der Waals surface area contributed by atoms with Gasteiger partial charge in [0, 0.05) is 35.5 Å². The summed E-state index contributed by atoms with van der Waals surface area (Å²) in [5, 5.41) is 11.3. The second kappa shape index (κ2) is 6.91. The molecule has 8 heteroatoms. The predicted octanol–water partition coefficient (Wildman–Crippen LogP) is 2.75. The average molecular weight is 435 g/mol. The van der Waals surface area contributed by atoms with Gasteiger partial charge in [0.25, 0.3) is 0 Å². The third-order valence-electron chi connectivity index (χ3n) is 5.30. The van der Waals surface area contributed by atoms with Gasteiger partial charge >= 0.3 is 0 Å². The van der Waals surface area contributed by atoms with Gasteiger partial charge in [0.05, 0.1) is 17.0 Å². The van der Waals surface area contributed by atoms with E-state index in [0.29, 0.717) is 19.0 Å². The summed E-state index contributed by atoms with van der Waals surface area (Å²) < 4.78 is 6.65. The minimum Gasteiger partial charge on any atom is -0.375 e. The van der Waals surface area contributed by atoms with Crippen molar-refractivity contribution in [1.29, 1.82) is 0 Å². The molecule has 2 saturated heterocycles. The minimum absolute atomic E-state index is 0.0591. The monoisotopic (exact) mass is 434 g/mol. The van der Waals surface area contributed by atoms with Crippen LogP contribution in [0.15, 0.2) is 22.7 Å². The number of nitrogens with one attached hydrogen (secondary N) is 2. The third-order valence-corrected chi connectivity index (χ3v) is 5.79. The Morgan fingerprint density at radius 3 is 3.04 bits per heavy atom. The zero-order chi connectivity index (χ0) is 19.2. The quantitative estimate of drug-likeness (QED) is 0.777. The van der Waals surface area contributed by atoms with E-state index in [1.54, 1.807) is 4.90 Å². The standard InChI is InChI=1S/C19H23BrN4O3/c1-19(2)9-13(5-6-27-19)21-18(26)11-7-16(25)24(10-11)17-14-4-3-12(20)8-15(14)22-23-17/h3-4,8,11,13H,5-7,9-10H2,1-2H3,(H,21,26)(H,22,23)/t11-,13-/m1/s1. The molecular weight excluding hydrogens is 412 g/mol. The van der Waals surface area contributed by atoms with E-state index in [-0.39, 0.29) is 35.8 Å². The summed E-state index contributed by atoms with van der Waals surface area (Å²) in [4.78, 5) is 26.9. The Balaban J connectivity index is 1.46. The van der Waals surface area contributed by atoms with Crippen LogP contribution in [-0.4, -0.2) is 46.8 Å². The number of anilines is 1. The topological polar surface area (TPSA) is 87.3 Å². The fraction of sp³-hybridized carbons (Fsp3) is 0.526. The second-order valence-electron chi connectivity index (χ2n) is 7.95. The molecule has 0 radical (unpaired) electrons. The van der Waals surface area contributed by atoms with Gasteiger partial charge in [-0.05, 0) is 44.9 Å². The highest BCUT2D eigenvalue weighted by atomic mass is 79.9. The summed E-state index contributed by atoms with van der Waals surface area (Å²) in [6, 6.07) is 5.85. The first-order valence-corrected chi connectivity index (χ1v) is 10.00. The molecule has 7 nitrogen and oxygen atoms in total. The molecule has 0 unspecified atom stereocenters. The summed E-state index contributed by atoms with van der Waals surface area (Å²) >= 11 is 3.43. The molecule has 2 aromatic rings. The second-order valence-corrected chi connectivity index (χ2v) is 8.86. The lowest BCUT2D eigenvalue weighted by molar-refractivity contribution is -0.128. The molecule has 1 aromatic heterocycles. The van der Waals surface area contributed by atoms with E-state index >= 15 is 0 Å². The predicted molar refractivity (Wildman–Crippen MR) is 105 cm³/mol. The molecule has 2 aliphatic heterocycles. The number of aromatic amines is 1. The van der Waals surface area contributed by atoms with E-state index in [0.717, 1.165) is 28.2 Å². The number of aromatic nitrogens is 2. The number of hydrogen-bond donors (Lipinski definition) is 2. The largest absolute Gasteiger partial charge is 0.375 e. The lowest BCUT2D eigenvalue weighted by Crippen LogP contribution is -2.47. The smallest absolute Gasteiger partial charge is 0.229 e. The van der Waals surface area contributed by atoms with Crippen LogP contribution >= 0.6 is 15.9 Å². The van der Waals surface area contributed by atoms with Crippen molar-refractivity contribution in [2.45, 2.75) is 44.8 Å². The maximum absolute atomic E-state index is 12.7. The van der Waals surface area contributed by atoms with Gasteiger partial charge in [-0.1, -0.05) is 15.9 Å². The maximum Gasteiger partial charge on any atom is 0.229 e. The van der Waals surface area contributed by atoms with Gasteiger partial charge in [-0.2, -0.15) is 5.10 Å². The molecule has 0 saturated carbocycles. The zero-order valence-electron chi connectivity index (χ0n) is 15.4. The van der Waals surface area contributed by atoms with Crippen LogP contribution in [0.3, 0.4) is 0 Å². The summed E-state index contributed by atoms with van der Waals surface area (Å²) in [6.45, 7) is 5.07. The zero-order valence-corrected chi connectivity index (χ0v) is 17.0. The maximum atomic E-state index is 12.7. The number of halogens is 1. The van der Waals surface area contributed by atoms with Crippen molar-refractivity contribution in [3.63, 3.8) is 0 Å². The molecule has 27 heavy (non-hydrogen) atoms. The van der Waals surface area contributed by atoms with Gasteiger partial charge in [0.2, 0.25) is 11.8 Å². The van der Waals surface area contributed by atoms with E-state index in [9.17, 15) is 9.59 Å². The van der Waals surface area contributed by atoms with E-state index in [4.69, 9.17) is 4.74 Å². The van der Waals surface area contributed by atoms with Crippen LogP contribution in [0.25, 0.3) is 10.9 Å². The first kappa shape index (κ1) is 18.4. The average Bonchev–Trinajstić information content (AvgIpc) is 3.16. The minimum atomic E-state index is -0.356. The van der Waals surface area contributed by atoms with Crippen molar-refractivity contribution in [2.24, 2.45) is 5.92 Å². The molecule has 3 heterocycles. The van der Waals surface area contributed by atoms with Gasteiger partial charge in [0.15, 0.2) is 5.82 Å². The van der Waals surface area contributed by atoms with Crippen molar-refractivity contribution < 1.29 is 14.3 Å². The number of nitrogens with zero attached hydrogens (tertiary/aromatic N) is 2. The Labute approximate surface area is 165 Å². The van der Waals surface area contributed by atoms with E-state index in [1.165, 1.54) is 0 Å². The Hall–Kier alpha value is -1.93. The van der Waals surface area contributed by atoms with Crippen LogP contribution in [0.2, 0.25) is 0 Å². The number of rotatable bonds is 3. The molecule has 0 aliphatic carbocycles. The molecule has 0 spiro atoms. The Bertz CT molecular complexity index is 894. The van der Waals surface area contributed by atoms with Gasteiger partial charge in [-0.15, -0.1) is 0 Å². The molecule has 0 bridgehead atoms. The number of fused-ring (bicyclic) bond motifs is 1. The van der Waals surface area contributed by atoms with Crippen molar-refractivity contribution >= 4 is 44.5 Å². The van der Waals surface area contributed by atoms with E-state index in [1.807, 2.05) is 32.0 Å². The fourth-order valence-electron chi connectivity index (χ4n) is 3.95. The molecule has 144 valence electrons. The summed E-state index contributed by atoms with van der Waals surface area (Å²) in [7, 11) is 0. The third kappa shape index (κ3) is 3.73. The number of hydrogen-bond acceptors (Lipinski definition) is 4. The summed E-state index contributed by atoms with van der Waals surface area (Å²) in [5.74, 6) is 0.102. The Kier molecular flexibility index (Phi) is 4.71. The molecule has 2 aliphatic rings. The van der Waals surface area contributed by atoms with Crippen molar-refractivity contribution in [1.82, 2.24) is 15.5 Å². The van der Waals surface area contributed by atoms with Crippen molar-refractivity contribution in [2.75, 3.05) is 18.1 Å². The molecule has 4 rings (SSSR count). The number of H-pyrrole nitrogens is 1. The molecular formula is C19H23BrN4O3. The van der Waals surface area contributed by atoms with E-state index < -0.39 is 0 Å². The van der Waals surface area contributed by atoms with Crippen LogP contribution in [0.5, 0.6) is 0 Å². The lowest BCUT2D eigenvalue weighted by Gasteiger charge is -2.36. The van der Waals surface area contributed by atoms with Crippen LogP contribution < -0.4 is 10.2 Å². The van der Waals surface area contributed by atoms with Gasteiger partial charge in [-0.25, -0.2) is 0 Å². The van der Waals surface area contributed by atoms with Crippen molar-refractivity contribution in [3.8, 4) is 0 Å². The first-order valence-electron chi connectivity index (χ1n) is 9.21. The molecule has 2 fully saturated rings. The highest BCUT2D eigenvalue weighted by molar-refractivity contribution is 9.10. The van der Waals surface area contributed by atoms with Crippen LogP contribution in [0.4, 0.5) is 5.82 Å². The number of carbonyl (C=O) groups is 2. The van der Waals surface area contributed by atoms with Crippen LogP contribution in [0, 0.1) is 5.92 Å². The molecule has 2 atom stereocenters. The molecule has 2 N–H and O–H groups in total. The molecule has 2 amide bonds. The number of carbonyl (C=O) groups excluding carboxylic acids is 2.